The number of amides is 9. The van der Waals surface area contributed by atoms with Crippen molar-refractivity contribution in [2.24, 2.45) is 35.1 Å². The van der Waals surface area contributed by atoms with E-state index in [9.17, 15) is 85.4 Å². The van der Waals surface area contributed by atoms with E-state index < -0.39 is 143 Å². The van der Waals surface area contributed by atoms with Gasteiger partial charge in [0.05, 0.1) is 31.3 Å². The molecule has 0 unspecified atom stereocenters. The fraction of sp³-hybridized carbons (Fsp3) is 0.576. The van der Waals surface area contributed by atoms with E-state index in [2.05, 4.69) is 52.6 Å². The van der Waals surface area contributed by atoms with Crippen LogP contribution in [0.4, 0.5) is 22.8 Å². The zero-order valence-corrected chi connectivity index (χ0v) is 75.7. The number of Topliss-reactive ketones (excluding diaryl/α,β-unsaturated/α-hetero) is 2. The molecule has 0 radical (unpaired) electrons. The Labute approximate surface area is 748 Å². The minimum Gasteiger partial charge on any atom is -0.480 e. The van der Waals surface area contributed by atoms with Crippen LogP contribution in [0.2, 0.25) is 0 Å². The number of carboxylic acids is 2. The molecule has 15 N–H and O–H groups in total. The molecule has 128 heavy (non-hydrogen) atoms. The third-order valence-corrected chi connectivity index (χ3v) is 19.8. The Balaban J connectivity index is 0.000000536. The van der Waals surface area contributed by atoms with Crippen LogP contribution in [0.25, 0.3) is 0 Å². The van der Waals surface area contributed by atoms with E-state index >= 15 is 0 Å². The molecule has 0 saturated carbocycles. The maximum atomic E-state index is 14.1. The van der Waals surface area contributed by atoms with Crippen molar-refractivity contribution in [2.45, 2.75) is 264 Å². The van der Waals surface area contributed by atoms with Crippen LogP contribution in [-0.4, -0.2) is 222 Å². The second kappa shape index (κ2) is 58.1. The topological polar surface area (TPSA) is 497 Å². The van der Waals surface area contributed by atoms with E-state index in [1.807, 2.05) is 149 Å². The van der Waals surface area contributed by atoms with Gasteiger partial charge >= 0.3 is 54.1 Å². The second-order valence-electron chi connectivity index (χ2n) is 34.2. The number of carbonyl (C=O) groups is 15. The molecule has 0 bridgehead atoms. The predicted molar refractivity (Wildman–Crippen MR) is 472 cm³/mol. The Morgan fingerprint density at radius 2 is 0.844 bits per heavy atom. The van der Waals surface area contributed by atoms with E-state index in [-0.39, 0.29) is 93.9 Å². The van der Waals surface area contributed by atoms with Gasteiger partial charge in [0.25, 0.3) is 0 Å². The van der Waals surface area contributed by atoms with Gasteiger partial charge in [-0.15, -0.1) is 0 Å². The highest BCUT2D eigenvalue weighted by Gasteiger charge is 2.40. The summed E-state index contributed by atoms with van der Waals surface area (Å²) in [4.78, 5) is 190. The number of unbranched alkanes of at least 4 members (excludes halogenated alkanes) is 2. The van der Waals surface area contributed by atoms with Crippen molar-refractivity contribution in [3.63, 3.8) is 0 Å². The largest absolute Gasteiger partial charge is 0.490 e. The number of halogens is 3. The molecule has 4 aromatic carbocycles. The van der Waals surface area contributed by atoms with Crippen LogP contribution in [0.3, 0.4) is 0 Å². The van der Waals surface area contributed by atoms with Crippen LogP contribution >= 0.6 is 0 Å². The molecule has 6 rings (SSSR count). The molecule has 36 heteroatoms. The molecule has 2 aliphatic heterocycles. The Morgan fingerprint density at radius 3 is 1.23 bits per heavy atom. The summed E-state index contributed by atoms with van der Waals surface area (Å²) in [6.07, 6.45) is -0.114. The number of nitrogens with two attached hydrogens (primary N) is 2. The fourth-order valence-corrected chi connectivity index (χ4v) is 13.6. The summed E-state index contributed by atoms with van der Waals surface area (Å²) in [5.74, 6) is -11.7. The van der Waals surface area contributed by atoms with Gasteiger partial charge in [0.15, 0.2) is 11.6 Å². The summed E-state index contributed by atoms with van der Waals surface area (Å²) in [5, 5.41) is 42.1. The van der Waals surface area contributed by atoms with Crippen LogP contribution < -0.4 is 59.3 Å². The number of nitrogens with zero attached hydrogens (tertiary/aromatic N) is 1. The number of esters is 2. The van der Waals surface area contributed by atoms with E-state index in [0.717, 1.165) is 48.2 Å². The highest BCUT2D eigenvalue weighted by atomic mass is 19.4. The average Bonchev–Trinajstić information content (AvgIpc) is 0.843. The number of hydrogen-bond donors (Lipinski definition) is 13. The van der Waals surface area contributed by atoms with Crippen molar-refractivity contribution in [1.82, 2.24) is 52.8 Å². The molecular formula is C92H135F3N12O21. The van der Waals surface area contributed by atoms with Crippen LogP contribution in [0.5, 0.6) is 0 Å². The first kappa shape index (κ1) is 111. The van der Waals surface area contributed by atoms with Crippen LogP contribution in [0, 0.1) is 23.7 Å². The number of aliphatic carboxylic acids is 2. The van der Waals surface area contributed by atoms with E-state index in [1.165, 1.54) is 0 Å². The summed E-state index contributed by atoms with van der Waals surface area (Å²) < 4.78 is 51.7. The number of likely N-dealkylation sites (tertiary alicyclic amines) is 1. The van der Waals surface area contributed by atoms with Gasteiger partial charge in [0.1, 0.15) is 29.3 Å². The van der Waals surface area contributed by atoms with Gasteiger partial charge in [0.2, 0.25) is 29.5 Å². The molecule has 710 valence electrons. The smallest absolute Gasteiger partial charge is 0.480 e. The summed E-state index contributed by atoms with van der Waals surface area (Å²) in [6.45, 7) is 24.9. The van der Waals surface area contributed by atoms with Crippen LogP contribution in [0.15, 0.2) is 121 Å². The third kappa shape index (κ3) is 46.9. The lowest BCUT2D eigenvalue weighted by molar-refractivity contribution is -0.192. The first-order valence-electron chi connectivity index (χ1n) is 43.6. The molecule has 0 aromatic heterocycles. The number of ketones is 2. The molecule has 2 saturated heterocycles. The number of carbonyl (C=O) groups excluding carboxylic acids is 13. The quantitative estimate of drug-likeness (QED) is 0.00865. The number of piperidine rings is 2. The Morgan fingerprint density at radius 1 is 0.477 bits per heavy atom. The maximum absolute atomic E-state index is 14.1. The highest BCUT2D eigenvalue weighted by Crippen LogP contribution is 2.24. The Hall–Kier alpha value is -11.4. The Bertz CT molecular complexity index is 4130. The number of alkyl carbamates (subject to hydrolysis) is 2. The zero-order chi connectivity index (χ0) is 95.7. The number of nitrogens with one attached hydrogen (secondary N) is 9. The molecule has 0 spiro atoms. The van der Waals surface area contributed by atoms with Crippen LogP contribution in [-0.2, 0) is 107 Å². The molecule has 0 aliphatic carbocycles. The number of benzene rings is 4. The molecule has 9 amide bonds. The lowest BCUT2D eigenvalue weighted by Gasteiger charge is -2.35. The average molecular weight is 1800 g/mol. The fourth-order valence-electron chi connectivity index (χ4n) is 13.6. The highest BCUT2D eigenvalue weighted by molar-refractivity contribution is 6.33. The monoisotopic (exact) mass is 1800 g/mol. The molecular weight excluding hydrogens is 1670 g/mol. The normalized spacial score (nSPS) is 14.8. The molecule has 2 aliphatic rings. The zero-order valence-electron chi connectivity index (χ0n) is 75.7. The van der Waals surface area contributed by atoms with Gasteiger partial charge in [-0.05, 0) is 205 Å². The number of carboxylic acid groups (broad SMARTS) is 2. The van der Waals surface area contributed by atoms with E-state index in [0.29, 0.717) is 83.8 Å². The third-order valence-electron chi connectivity index (χ3n) is 19.8. The molecule has 33 nitrogen and oxygen atoms in total. The second-order valence-corrected chi connectivity index (χ2v) is 34.2. The van der Waals surface area contributed by atoms with Crippen molar-refractivity contribution in [3.05, 3.63) is 144 Å². The lowest BCUT2D eigenvalue weighted by Crippen LogP contribution is -2.54. The molecule has 2 fully saturated rings. The van der Waals surface area contributed by atoms with Crippen molar-refractivity contribution in [3.8, 4) is 0 Å². The van der Waals surface area contributed by atoms with Crippen LogP contribution in [0.1, 0.15) is 195 Å². The van der Waals surface area contributed by atoms with Gasteiger partial charge in [-0.3, -0.25) is 43.2 Å². The van der Waals surface area contributed by atoms with Crippen molar-refractivity contribution >= 4 is 89.0 Å². The van der Waals surface area contributed by atoms with Crippen molar-refractivity contribution < 1.29 is 114 Å². The Kier molecular flexibility index (Phi) is 50.3. The predicted octanol–water partition coefficient (Wildman–Crippen LogP) is 7.98. The van der Waals surface area contributed by atoms with Gasteiger partial charge in [0, 0.05) is 62.8 Å². The lowest BCUT2D eigenvalue weighted by atomic mass is 9.88. The summed E-state index contributed by atoms with van der Waals surface area (Å²) in [6, 6.07) is 30.8. The number of hydrogen-bond acceptors (Lipinski definition) is 22. The summed E-state index contributed by atoms with van der Waals surface area (Å²) >= 11 is 0. The summed E-state index contributed by atoms with van der Waals surface area (Å²) in [5.41, 5.74) is 13.9. The van der Waals surface area contributed by atoms with E-state index in [4.69, 9.17) is 35.6 Å². The number of ether oxygens (including phenoxy) is 4. The van der Waals surface area contributed by atoms with Crippen molar-refractivity contribution in [2.75, 3.05) is 52.5 Å². The van der Waals surface area contributed by atoms with Crippen molar-refractivity contribution in [1.29, 1.82) is 0 Å². The number of alkyl halides is 3. The molecule has 2 heterocycles. The molecule has 4 aromatic rings. The van der Waals surface area contributed by atoms with Gasteiger partial charge in [-0.25, -0.2) is 28.8 Å². The van der Waals surface area contributed by atoms with Gasteiger partial charge < -0.3 is 93.4 Å². The van der Waals surface area contributed by atoms with E-state index in [1.54, 1.807) is 60.3 Å². The first-order chi connectivity index (χ1) is 60.3. The first-order valence-corrected chi connectivity index (χ1v) is 43.6. The minimum absolute atomic E-state index is 0.00815. The maximum Gasteiger partial charge on any atom is 0.490 e. The standard InChI is InChI=1S/C41H60N4O9.C40H58N6O7.C9H16N2O3.C2HF3O2/c1-27(2)23-30(35(47)43-31(37(49)50)21-15-16-22-42-38(51)53-40(3,4)5)26-34(46)32(24-28-17-11-9-12-18-28)44-36(48)33(25-29-19-13-10-14-20-29)45-39(52)54-41(6,7)8;1-4-53-40(52)38(50)43-31-18-21-46(22-19-31)39(51)33(17-11-12-20-41)44-36(48)30(23-27(2)3)26-35(47)34(25-29-15-9-6-10-16-29)45-37(49)32(42)24-28-13-7-5-8-14-28;1-2-14-9(13)8(12)11-7-3-5-10-6-4-7;3-2(4,5)1(6)7/h9-14,17-20,27,30-33H,15-16,21-26H2,1-8H3,(H,42,51)(H,43,47)(H,44,48)(H,45,52)(H,49,50);5-10,13-16,27,30-34H,4,11-12,17-26,41-42H2,1-3H3,(H,43,50)(H,44,48)(H,45,49);7,10H,2-6H2,1H3,(H,11,12);(H,6,7)/t30-,31+,32+,33+;30-,32+,33+,34+;;/m00../s1. The number of rotatable bonds is 42. The minimum atomic E-state index is -5.08. The summed E-state index contributed by atoms with van der Waals surface area (Å²) in [7, 11) is 0. The van der Waals surface area contributed by atoms with Gasteiger partial charge in [-0.1, -0.05) is 149 Å². The van der Waals surface area contributed by atoms with Gasteiger partial charge in [-0.2, -0.15) is 13.2 Å². The molecule has 8 atom stereocenters. The SMILES string of the molecule is CC(C)C[C@@H](CC(=O)[C@@H](Cc1ccccc1)NC(=O)[C@@H](Cc1ccccc1)NC(=O)OC(C)(C)C)C(=O)N[C@H](CCCCNC(=O)OC(C)(C)C)C(=O)O.CCOC(=O)C(=O)NC1CCN(C(=O)[C@@H](CCCCN)NC(=O)[C@H](CC(=O)[C@@H](Cc2ccccc2)NC(=O)[C@H](N)Cc2ccccc2)CC(C)C)CC1.CCOC(=O)C(=O)NC1CCNCC1.O=C(O)C(F)(F)F.